The molecule has 0 aliphatic heterocycles. The second kappa shape index (κ2) is 5.03. The molecule has 16 heavy (non-hydrogen) atoms. The van der Waals surface area contributed by atoms with Crippen LogP contribution in [-0.4, -0.2) is 11.7 Å². The molecule has 0 fully saturated rings. The predicted octanol–water partition coefficient (Wildman–Crippen LogP) is 3.91. The minimum absolute atomic E-state index is 0.160. The Morgan fingerprint density at radius 2 is 2.12 bits per heavy atom. The van der Waals surface area contributed by atoms with Gasteiger partial charge in [0.1, 0.15) is 0 Å². The normalized spacial score (nSPS) is 21.3. The lowest BCUT2D eigenvalue weighted by atomic mass is 9.82. The van der Waals surface area contributed by atoms with Crippen LogP contribution in [0, 0.1) is 5.92 Å². The van der Waals surface area contributed by atoms with E-state index in [-0.39, 0.29) is 6.61 Å². The Bertz CT molecular complexity index is 409. The molecular weight excluding hydrogens is 220 g/mol. The van der Waals surface area contributed by atoms with Gasteiger partial charge in [0.05, 0.1) is 6.61 Å². The van der Waals surface area contributed by atoms with Crippen molar-refractivity contribution in [3.63, 3.8) is 0 Å². The van der Waals surface area contributed by atoms with Crippen LogP contribution >= 0.6 is 11.6 Å². The van der Waals surface area contributed by atoms with Crippen LogP contribution in [0.5, 0.6) is 0 Å². The molecule has 1 aromatic carbocycles. The Labute approximate surface area is 102 Å². The first-order chi connectivity index (χ1) is 7.72. The van der Waals surface area contributed by atoms with E-state index >= 15 is 0 Å². The third kappa shape index (κ3) is 2.31. The summed E-state index contributed by atoms with van der Waals surface area (Å²) in [5, 5.41) is 10.2. The molecule has 1 aliphatic carbocycles. The zero-order valence-corrected chi connectivity index (χ0v) is 10.3. The fourth-order valence-electron chi connectivity index (χ4n) is 2.35. The number of hydrogen-bond acceptors (Lipinski definition) is 1. The Morgan fingerprint density at radius 1 is 1.38 bits per heavy atom. The molecule has 0 heterocycles. The highest BCUT2D eigenvalue weighted by molar-refractivity contribution is 6.32. The Morgan fingerprint density at radius 3 is 2.81 bits per heavy atom. The SMILES string of the molecule is CC1CCC(CO)=C(c2ccccc2Cl)C1. The van der Waals surface area contributed by atoms with Gasteiger partial charge >= 0.3 is 0 Å². The summed E-state index contributed by atoms with van der Waals surface area (Å²) in [4.78, 5) is 0. The van der Waals surface area contributed by atoms with Crippen molar-refractivity contribution >= 4 is 17.2 Å². The van der Waals surface area contributed by atoms with Crippen LogP contribution in [0.3, 0.4) is 0 Å². The van der Waals surface area contributed by atoms with Gasteiger partial charge < -0.3 is 5.11 Å². The molecule has 1 unspecified atom stereocenters. The third-order valence-corrected chi connectivity index (χ3v) is 3.64. The highest BCUT2D eigenvalue weighted by Crippen LogP contribution is 2.37. The summed E-state index contributed by atoms with van der Waals surface area (Å²) in [6, 6.07) is 7.91. The minimum Gasteiger partial charge on any atom is -0.392 e. The number of hydrogen-bond donors (Lipinski definition) is 1. The van der Waals surface area contributed by atoms with Crippen LogP contribution in [0.2, 0.25) is 5.02 Å². The van der Waals surface area contributed by atoms with Crippen LogP contribution in [0.4, 0.5) is 0 Å². The molecule has 0 amide bonds. The molecule has 0 aromatic heterocycles. The van der Waals surface area contributed by atoms with Crippen LogP contribution < -0.4 is 0 Å². The largest absolute Gasteiger partial charge is 0.392 e. The summed E-state index contributed by atoms with van der Waals surface area (Å²) in [5.41, 5.74) is 3.51. The molecule has 1 nitrogen and oxygen atoms in total. The first kappa shape index (κ1) is 11.7. The zero-order chi connectivity index (χ0) is 11.5. The molecule has 2 rings (SSSR count). The van der Waals surface area contributed by atoms with Crippen LogP contribution in [0.25, 0.3) is 5.57 Å². The molecule has 0 radical (unpaired) electrons. The van der Waals surface area contributed by atoms with Gasteiger partial charge in [0, 0.05) is 5.02 Å². The van der Waals surface area contributed by atoms with E-state index < -0.39 is 0 Å². The van der Waals surface area contributed by atoms with E-state index in [1.54, 1.807) is 0 Å². The van der Waals surface area contributed by atoms with Crippen LogP contribution in [-0.2, 0) is 0 Å². The van der Waals surface area contributed by atoms with Crippen molar-refractivity contribution in [2.24, 2.45) is 5.92 Å². The quantitative estimate of drug-likeness (QED) is 0.826. The average Bonchev–Trinajstić information content (AvgIpc) is 2.29. The van der Waals surface area contributed by atoms with Crippen LogP contribution in [0.15, 0.2) is 29.8 Å². The molecule has 86 valence electrons. The van der Waals surface area contributed by atoms with E-state index in [2.05, 4.69) is 6.92 Å². The van der Waals surface area contributed by atoms with Crippen molar-refractivity contribution in [2.45, 2.75) is 26.2 Å². The summed E-state index contributed by atoms with van der Waals surface area (Å²) in [6.07, 6.45) is 3.20. The third-order valence-electron chi connectivity index (χ3n) is 3.31. The van der Waals surface area contributed by atoms with Gasteiger partial charge in [0.15, 0.2) is 0 Å². The molecule has 0 saturated carbocycles. The summed E-state index contributed by atoms with van der Waals surface area (Å²) < 4.78 is 0. The number of rotatable bonds is 2. The lowest BCUT2D eigenvalue weighted by Gasteiger charge is -2.25. The van der Waals surface area contributed by atoms with E-state index in [4.69, 9.17) is 11.6 Å². The van der Waals surface area contributed by atoms with E-state index in [0.29, 0.717) is 5.92 Å². The molecule has 1 atom stereocenters. The van der Waals surface area contributed by atoms with Gasteiger partial charge in [-0.1, -0.05) is 36.7 Å². The Balaban J connectivity index is 2.44. The number of allylic oxidation sites excluding steroid dienone is 1. The predicted molar refractivity (Wildman–Crippen MR) is 68.5 cm³/mol. The molecular formula is C14H17ClO. The number of halogens is 1. The minimum atomic E-state index is 0.160. The van der Waals surface area contributed by atoms with E-state index in [9.17, 15) is 5.11 Å². The smallest absolute Gasteiger partial charge is 0.0647 e. The Kier molecular flexibility index (Phi) is 3.67. The summed E-state index contributed by atoms with van der Waals surface area (Å²) in [7, 11) is 0. The fourth-order valence-corrected chi connectivity index (χ4v) is 2.60. The lowest BCUT2D eigenvalue weighted by molar-refractivity contribution is 0.320. The van der Waals surface area contributed by atoms with E-state index in [1.807, 2.05) is 24.3 Å². The van der Waals surface area contributed by atoms with Gasteiger partial charge in [-0.05, 0) is 48.0 Å². The molecule has 1 aliphatic rings. The maximum atomic E-state index is 9.40. The summed E-state index contributed by atoms with van der Waals surface area (Å²) in [6.45, 7) is 2.41. The fraction of sp³-hybridized carbons (Fsp3) is 0.429. The van der Waals surface area contributed by atoms with Gasteiger partial charge in [-0.15, -0.1) is 0 Å². The van der Waals surface area contributed by atoms with Gasteiger partial charge in [-0.25, -0.2) is 0 Å². The van der Waals surface area contributed by atoms with E-state index in [1.165, 1.54) is 12.0 Å². The van der Waals surface area contributed by atoms with E-state index in [0.717, 1.165) is 29.0 Å². The number of benzene rings is 1. The van der Waals surface area contributed by atoms with Crippen molar-refractivity contribution in [1.82, 2.24) is 0 Å². The van der Waals surface area contributed by atoms with Crippen molar-refractivity contribution in [1.29, 1.82) is 0 Å². The number of aliphatic hydroxyl groups is 1. The van der Waals surface area contributed by atoms with Crippen molar-refractivity contribution in [2.75, 3.05) is 6.61 Å². The monoisotopic (exact) mass is 236 g/mol. The molecule has 1 aromatic rings. The highest BCUT2D eigenvalue weighted by atomic mass is 35.5. The first-order valence-electron chi connectivity index (χ1n) is 5.79. The maximum absolute atomic E-state index is 9.40. The molecule has 1 N–H and O–H groups in total. The standard InChI is InChI=1S/C14H17ClO/c1-10-6-7-11(9-16)13(8-10)12-4-2-3-5-14(12)15/h2-5,10,16H,6-9H2,1H3. The average molecular weight is 237 g/mol. The van der Waals surface area contributed by atoms with Gasteiger partial charge in [0.2, 0.25) is 0 Å². The van der Waals surface area contributed by atoms with Gasteiger partial charge in [-0.2, -0.15) is 0 Å². The van der Waals surface area contributed by atoms with Crippen molar-refractivity contribution in [3.8, 4) is 0 Å². The number of aliphatic hydroxyl groups excluding tert-OH is 1. The maximum Gasteiger partial charge on any atom is 0.0647 e. The molecule has 0 bridgehead atoms. The molecule has 0 spiro atoms. The zero-order valence-electron chi connectivity index (χ0n) is 9.54. The summed E-state index contributed by atoms with van der Waals surface area (Å²) in [5.74, 6) is 0.682. The first-order valence-corrected chi connectivity index (χ1v) is 6.17. The second-order valence-electron chi connectivity index (χ2n) is 4.57. The Hall–Kier alpha value is -0.790. The highest BCUT2D eigenvalue weighted by Gasteiger charge is 2.19. The lowest BCUT2D eigenvalue weighted by Crippen LogP contribution is -2.09. The van der Waals surface area contributed by atoms with Gasteiger partial charge in [0.25, 0.3) is 0 Å². The van der Waals surface area contributed by atoms with Gasteiger partial charge in [-0.3, -0.25) is 0 Å². The topological polar surface area (TPSA) is 20.2 Å². The van der Waals surface area contributed by atoms with Crippen molar-refractivity contribution < 1.29 is 5.11 Å². The second-order valence-corrected chi connectivity index (χ2v) is 4.98. The van der Waals surface area contributed by atoms with Crippen LogP contribution in [0.1, 0.15) is 31.7 Å². The van der Waals surface area contributed by atoms with Crippen molar-refractivity contribution in [3.05, 3.63) is 40.4 Å². The molecule has 0 saturated heterocycles. The summed E-state index contributed by atoms with van der Waals surface area (Å²) >= 11 is 6.21. The molecule has 2 heteroatoms.